The quantitative estimate of drug-likeness (QED) is 0.766. The number of nitrogens with zero attached hydrogens (tertiary/aromatic N) is 2. The second-order valence-corrected chi connectivity index (χ2v) is 9.71. The number of carbonyl (C=O) groups excluding carboxylic acids is 1. The van der Waals surface area contributed by atoms with Gasteiger partial charge in [0.05, 0.1) is 20.0 Å². The monoisotopic (exact) mass is 396 g/mol. The first-order valence-electron chi connectivity index (χ1n) is 9.24. The zero-order valence-corrected chi connectivity index (χ0v) is 16.7. The minimum atomic E-state index is -3.29. The van der Waals surface area contributed by atoms with E-state index in [0.29, 0.717) is 32.5 Å². The van der Waals surface area contributed by atoms with Crippen molar-refractivity contribution in [2.75, 3.05) is 46.2 Å². The van der Waals surface area contributed by atoms with E-state index in [1.54, 1.807) is 12.0 Å². The summed E-state index contributed by atoms with van der Waals surface area (Å²) in [7, 11) is -1.67. The Morgan fingerprint density at radius 1 is 1.30 bits per heavy atom. The van der Waals surface area contributed by atoms with Gasteiger partial charge in [-0.3, -0.25) is 4.79 Å². The zero-order valence-electron chi connectivity index (χ0n) is 15.9. The fourth-order valence-corrected chi connectivity index (χ4v) is 5.17. The molecule has 0 saturated carbocycles. The summed E-state index contributed by atoms with van der Waals surface area (Å²) in [5.74, 6) is 0.937. The molecule has 2 aliphatic heterocycles. The predicted octanol–water partition coefficient (Wildman–Crippen LogP) is 0.730. The highest BCUT2D eigenvalue weighted by Crippen LogP contribution is 2.42. The molecule has 27 heavy (non-hydrogen) atoms. The van der Waals surface area contributed by atoms with Crippen LogP contribution in [0, 0.1) is 11.3 Å². The van der Waals surface area contributed by atoms with Crippen molar-refractivity contribution >= 4 is 15.9 Å². The maximum absolute atomic E-state index is 12.7. The van der Waals surface area contributed by atoms with Crippen LogP contribution in [0.15, 0.2) is 24.3 Å². The van der Waals surface area contributed by atoms with Crippen molar-refractivity contribution in [2.24, 2.45) is 11.3 Å². The molecule has 1 aromatic rings. The summed E-state index contributed by atoms with van der Waals surface area (Å²) in [5.41, 5.74) is 0.525. The molecule has 1 amide bonds. The minimum Gasteiger partial charge on any atom is -0.497 e. The van der Waals surface area contributed by atoms with E-state index in [0.717, 1.165) is 17.7 Å². The van der Waals surface area contributed by atoms with Crippen LogP contribution in [0.3, 0.4) is 0 Å². The van der Waals surface area contributed by atoms with Gasteiger partial charge in [0.1, 0.15) is 5.75 Å². The molecule has 2 heterocycles. The third-order valence-corrected chi connectivity index (χ3v) is 7.17. The number of hydrogen-bond acceptors (Lipinski definition) is 5. The molecule has 7 nitrogen and oxygen atoms in total. The predicted molar refractivity (Wildman–Crippen MR) is 102 cm³/mol. The molecule has 0 aliphatic carbocycles. The Labute approximate surface area is 161 Å². The third-order valence-electron chi connectivity index (χ3n) is 5.96. The largest absolute Gasteiger partial charge is 0.497 e. The molecule has 0 bridgehead atoms. The van der Waals surface area contributed by atoms with Crippen molar-refractivity contribution < 1.29 is 23.1 Å². The fraction of sp³-hybridized carbons (Fsp3) is 0.632. The molecule has 0 radical (unpaired) electrons. The highest BCUT2D eigenvalue weighted by Gasteiger charge is 2.52. The van der Waals surface area contributed by atoms with Crippen LogP contribution in [0.5, 0.6) is 5.75 Å². The van der Waals surface area contributed by atoms with E-state index in [-0.39, 0.29) is 25.0 Å². The highest BCUT2D eigenvalue weighted by molar-refractivity contribution is 7.88. The molecule has 8 heteroatoms. The lowest BCUT2D eigenvalue weighted by Crippen LogP contribution is -2.52. The first-order valence-corrected chi connectivity index (χ1v) is 11.1. The number of aryl methyl sites for hydroxylation is 1. The SMILES string of the molecule is COc1ccc(CCC(=O)N2CCC3CN(S(C)(=O)=O)CC3(CO)C2)cc1. The summed E-state index contributed by atoms with van der Waals surface area (Å²) in [6.07, 6.45) is 2.96. The number of aliphatic hydroxyl groups is 1. The number of rotatable bonds is 6. The van der Waals surface area contributed by atoms with Gasteiger partial charge >= 0.3 is 0 Å². The van der Waals surface area contributed by atoms with Crippen LogP contribution in [-0.4, -0.2) is 74.8 Å². The molecule has 2 fully saturated rings. The number of sulfonamides is 1. The van der Waals surface area contributed by atoms with Gasteiger partial charge in [0.15, 0.2) is 0 Å². The van der Waals surface area contributed by atoms with E-state index in [9.17, 15) is 18.3 Å². The number of aliphatic hydroxyl groups excluding tert-OH is 1. The number of amides is 1. The van der Waals surface area contributed by atoms with Crippen LogP contribution >= 0.6 is 0 Å². The molecule has 2 saturated heterocycles. The summed E-state index contributed by atoms with van der Waals surface area (Å²) >= 11 is 0. The van der Waals surface area contributed by atoms with Crippen molar-refractivity contribution in [3.05, 3.63) is 29.8 Å². The van der Waals surface area contributed by atoms with Crippen LogP contribution in [-0.2, 0) is 21.2 Å². The number of hydrogen-bond donors (Lipinski definition) is 1. The fourth-order valence-electron chi connectivity index (χ4n) is 4.23. The first-order chi connectivity index (χ1) is 12.8. The van der Waals surface area contributed by atoms with E-state index >= 15 is 0 Å². The second-order valence-electron chi connectivity index (χ2n) is 7.72. The van der Waals surface area contributed by atoms with E-state index in [1.165, 1.54) is 10.6 Å². The number of carbonyl (C=O) groups is 1. The van der Waals surface area contributed by atoms with Crippen molar-refractivity contribution in [3.8, 4) is 5.75 Å². The molecule has 2 atom stereocenters. The lowest BCUT2D eigenvalue weighted by molar-refractivity contribution is -0.136. The summed E-state index contributed by atoms with van der Waals surface area (Å²) in [5, 5.41) is 10.0. The van der Waals surface area contributed by atoms with Crippen LogP contribution in [0.4, 0.5) is 0 Å². The van der Waals surface area contributed by atoms with E-state index in [1.807, 2.05) is 24.3 Å². The Bertz CT molecular complexity index is 780. The highest BCUT2D eigenvalue weighted by atomic mass is 32.2. The Kier molecular flexibility index (Phi) is 5.79. The average Bonchev–Trinajstić information content (AvgIpc) is 3.06. The number of likely N-dealkylation sites (tertiary alicyclic amines) is 1. The van der Waals surface area contributed by atoms with Gasteiger partial charge < -0.3 is 14.7 Å². The lowest BCUT2D eigenvalue weighted by Gasteiger charge is -2.43. The molecular formula is C19H28N2O5S. The average molecular weight is 397 g/mol. The van der Waals surface area contributed by atoms with Gasteiger partial charge in [0.25, 0.3) is 0 Å². The number of methoxy groups -OCH3 is 1. The standard InChI is InChI=1S/C19H28N2O5S/c1-26-17-6-3-15(4-7-17)5-8-18(23)20-10-9-16-11-21(27(2,24)25)13-19(16,12-20)14-22/h3-4,6-7,16,22H,5,8-14H2,1-2H3. The maximum atomic E-state index is 12.7. The lowest BCUT2D eigenvalue weighted by atomic mass is 9.74. The van der Waals surface area contributed by atoms with E-state index < -0.39 is 15.4 Å². The molecule has 150 valence electrons. The van der Waals surface area contributed by atoms with Crippen molar-refractivity contribution in [3.63, 3.8) is 0 Å². The smallest absolute Gasteiger partial charge is 0.222 e. The molecule has 3 rings (SSSR count). The molecule has 0 spiro atoms. The topological polar surface area (TPSA) is 87.2 Å². The Balaban J connectivity index is 1.62. The molecule has 1 aromatic carbocycles. The van der Waals surface area contributed by atoms with Gasteiger partial charge in [-0.25, -0.2) is 12.7 Å². The van der Waals surface area contributed by atoms with Crippen molar-refractivity contribution in [1.82, 2.24) is 9.21 Å². The van der Waals surface area contributed by atoms with Crippen LogP contribution in [0.2, 0.25) is 0 Å². The van der Waals surface area contributed by atoms with Gasteiger partial charge in [-0.2, -0.15) is 0 Å². The van der Waals surface area contributed by atoms with Crippen LogP contribution in [0.1, 0.15) is 18.4 Å². The summed E-state index contributed by atoms with van der Waals surface area (Å²) in [6.45, 7) is 1.65. The third kappa shape index (κ3) is 4.28. The number of piperidine rings is 1. The van der Waals surface area contributed by atoms with E-state index in [2.05, 4.69) is 0 Å². The molecule has 1 N–H and O–H groups in total. The second kappa shape index (κ2) is 7.77. The molecule has 0 aromatic heterocycles. The van der Waals surface area contributed by atoms with Crippen molar-refractivity contribution in [1.29, 1.82) is 0 Å². The maximum Gasteiger partial charge on any atom is 0.222 e. The Hall–Kier alpha value is -1.64. The van der Waals surface area contributed by atoms with Gasteiger partial charge in [0.2, 0.25) is 15.9 Å². The number of benzene rings is 1. The molecule has 2 aliphatic rings. The van der Waals surface area contributed by atoms with E-state index in [4.69, 9.17) is 4.74 Å². The van der Waals surface area contributed by atoms with Gasteiger partial charge in [-0.15, -0.1) is 0 Å². The summed E-state index contributed by atoms with van der Waals surface area (Å²) < 4.78 is 30.4. The van der Waals surface area contributed by atoms with Crippen LogP contribution in [0.25, 0.3) is 0 Å². The minimum absolute atomic E-state index is 0.0508. The Morgan fingerprint density at radius 3 is 2.59 bits per heavy atom. The van der Waals surface area contributed by atoms with Gasteiger partial charge in [0, 0.05) is 38.0 Å². The van der Waals surface area contributed by atoms with Gasteiger partial charge in [-0.05, 0) is 36.5 Å². The molecular weight excluding hydrogens is 368 g/mol. The van der Waals surface area contributed by atoms with Crippen molar-refractivity contribution in [2.45, 2.75) is 19.3 Å². The molecule has 2 unspecified atom stereocenters. The normalized spacial score (nSPS) is 26.0. The zero-order chi connectivity index (χ0) is 19.7. The number of fused-ring (bicyclic) bond motifs is 1. The van der Waals surface area contributed by atoms with Gasteiger partial charge in [-0.1, -0.05) is 12.1 Å². The Morgan fingerprint density at radius 2 is 2.00 bits per heavy atom. The number of ether oxygens (including phenoxy) is 1. The summed E-state index contributed by atoms with van der Waals surface area (Å²) in [6, 6.07) is 7.66. The summed E-state index contributed by atoms with van der Waals surface area (Å²) in [4.78, 5) is 14.5. The van der Waals surface area contributed by atoms with Crippen LogP contribution < -0.4 is 4.74 Å². The first kappa shape index (κ1) is 20.1.